The van der Waals surface area contributed by atoms with Crippen molar-refractivity contribution in [3.63, 3.8) is 0 Å². The molecule has 0 radical (unpaired) electrons. The Morgan fingerprint density at radius 1 is 1.00 bits per heavy atom. The molecule has 0 aliphatic rings. The molecule has 0 saturated heterocycles. The van der Waals surface area contributed by atoms with Gasteiger partial charge in [0.2, 0.25) is 6.10 Å². The first-order valence-corrected chi connectivity index (χ1v) is 9.29. The molecule has 0 spiro atoms. The van der Waals surface area contributed by atoms with E-state index in [0.717, 1.165) is 5.56 Å². The van der Waals surface area contributed by atoms with Crippen LogP contribution in [0, 0.1) is 6.92 Å². The highest BCUT2D eigenvalue weighted by Gasteiger charge is 2.27. The Hall–Kier alpha value is -3.87. The second-order valence-electron chi connectivity index (χ2n) is 6.89. The van der Waals surface area contributed by atoms with Crippen LogP contribution in [0.25, 0.3) is 0 Å². The smallest absolute Gasteiger partial charge is 0.339 e. The van der Waals surface area contributed by atoms with Crippen LogP contribution in [0.15, 0.2) is 71.3 Å². The van der Waals surface area contributed by atoms with E-state index in [2.05, 4.69) is 5.32 Å². The summed E-state index contributed by atoms with van der Waals surface area (Å²) in [4.78, 5) is 39.0. The minimum absolute atomic E-state index is 0.156. The normalized spacial score (nSPS) is 11.4. The molecular formula is C23H22N2O5. The molecular weight excluding hydrogens is 384 g/mol. The largest absolute Gasteiger partial charge is 0.459 e. The molecule has 1 aromatic heterocycles. The summed E-state index contributed by atoms with van der Waals surface area (Å²) < 4.78 is 10.6. The van der Waals surface area contributed by atoms with Crippen molar-refractivity contribution in [1.82, 2.24) is 4.90 Å². The van der Waals surface area contributed by atoms with Crippen molar-refractivity contribution in [2.45, 2.75) is 13.0 Å². The monoisotopic (exact) mass is 406 g/mol. The zero-order valence-corrected chi connectivity index (χ0v) is 16.9. The van der Waals surface area contributed by atoms with E-state index >= 15 is 0 Å². The van der Waals surface area contributed by atoms with Gasteiger partial charge in [0.1, 0.15) is 0 Å². The van der Waals surface area contributed by atoms with Gasteiger partial charge in [0.05, 0.1) is 11.8 Å². The molecule has 7 heteroatoms. The molecule has 3 aromatic rings. The molecule has 0 fully saturated rings. The highest BCUT2D eigenvalue weighted by Crippen LogP contribution is 2.24. The molecule has 0 saturated carbocycles. The van der Waals surface area contributed by atoms with Crippen LogP contribution in [0.5, 0.6) is 0 Å². The number of nitrogens with one attached hydrogen (secondary N) is 1. The minimum atomic E-state index is -1.07. The number of rotatable bonds is 6. The maximum absolute atomic E-state index is 12.8. The molecule has 1 N–H and O–H groups in total. The average Bonchev–Trinajstić information content (AvgIpc) is 3.28. The molecule has 154 valence electrons. The number of hydrogen-bond donors (Lipinski definition) is 1. The molecule has 2 aromatic carbocycles. The van der Waals surface area contributed by atoms with Crippen molar-refractivity contribution < 1.29 is 23.5 Å². The van der Waals surface area contributed by atoms with Crippen molar-refractivity contribution in [3.8, 4) is 0 Å². The fraction of sp³-hybridized carbons (Fsp3) is 0.174. The van der Waals surface area contributed by atoms with Crippen molar-refractivity contribution in [1.29, 1.82) is 0 Å². The first-order valence-electron chi connectivity index (χ1n) is 9.29. The number of aryl methyl sites for hydroxylation is 1. The Morgan fingerprint density at radius 3 is 2.37 bits per heavy atom. The van der Waals surface area contributed by atoms with E-state index in [9.17, 15) is 14.4 Å². The molecule has 1 atom stereocenters. The zero-order chi connectivity index (χ0) is 21.7. The lowest BCUT2D eigenvalue weighted by atomic mass is 10.1. The van der Waals surface area contributed by atoms with Crippen molar-refractivity contribution in [3.05, 3.63) is 89.4 Å². The summed E-state index contributed by atoms with van der Waals surface area (Å²) in [5, 5.41) is 2.72. The van der Waals surface area contributed by atoms with Gasteiger partial charge in [-0.3, -0.25) is 9.59 Å². The van der Waals surface area contributed by atoms with Crippen molar-refractivity contribution in [2.24, 2.45) is 0 Å². The number of hydrogen-bond acceptors (Lipinski definition) is 5. The maximum Gasteiger partial charge on any atom is 0.339 e. The third kappa shape index (κ3) is 4.75. The van der Waals surface area contributed by atoms with Gasteiger partial charge in [-0.2, -0.15) is 0 Å². The van der Waals surface area contributed by atoms with Gasteiger partial charge in [-0.25, -0.2) is 4.79 Å². The van der Waals surface area contributed by atoms with E-state index in [-0.39, 0.29) is 17.2 Å². The van der Waals surface area contributed by atoms with Gasteiger partial charge >= 0.3 is 5.97 Å². The van der Waals surface area contributed by atoms with Crippen LogP contribution in [-0.4, -0.2) is 36.8 Å². The molecule has 7 nitrogen and oxygen atoms in total. The third-order valence-corrected chi connectivity index (χ3v) is 4.46. The number of amides is 2. The SMILES string of the molecule is Cc1ccc(C(=O)O[C@@H](C(=O)N(C)C)c2ccccc2)cc1NC(=O)c1ccco1. The molecule has 30 heavy (non-hydrogen) atoms. The number of likely N-dealkylation sites (N-methyl/N-ethyl adjacent to an activating group) is 1. The number of carbonyl (C=O) groups excluding carboxylic acids is 3. The summed E-state index contributed by atoms with van der Waals surface area (Å²) in [6, 6.07) is 16.8. The Labute approximate surface area is 174 Å². The topological polar surface area (TPSA) is 88.9 Å². The summed E-state index contributed by atoms with van der Waals surface area (Å²) in [7, 11) is 3.19. The Morgan fingerprint density at radius 2 is 1.73 bits per heavy atom. The zero-order valence-electron chi connectivity index (χ0n) is 16.9. The Kier molecular flexibility index (Phi) is 6.32. The van der Waals surface area contributed by atoms with Gasteiger partial charge in [0, 0.05) is 25.3 Å². The van der Waals surface area contributed by atoms with Gasteiger partial charge in [-0.15, -0.1) is 0 Å². The van der Waals surface area contributed by atoms with Gasteiger partial charge in [-0.05, 0) is 36.8 Å². The van der Waals surface area contributed by atoms with Gasteiger partial charge < -0.3 is 19.4 Å². The van der Waals surface area contributed by atoms with Gasteiger partial charge in [0.15, 0.2) is 5.76 Å². The lowest BCUT2D eigenvalue weighted by Crippen LogP contribution is -2.31. The number of benzene rings is 2. The molecule has 0 aliphatic carbocycles. The van der Waals surface area contributed by atoms with Crippen LogP contribution in [-0.2, 0) is 9.53 Å². The van der Waals surface area contributed by atoms with Crippen LogP contribution in [0.1, 0.15) is 38.1 Å². The predicted molar refractivity (Wildman–Crippen MR) is 111 cm³/mol. The molecule has 0 unspecified atom stereocenters. The number of esters is 1. The van der Waals surface area contributed by atoms with E-state index < -0.39 is 18.0 Å². The van der Waals surface area contributed by atoms with E-state index in [1.165, 1.54) is 17.2 Å². The first kappa shape index (κ1) is 20.9. The number of carbonyl (C=O) groups is 3. The highest BCUT2D eigenvalue weighted by atomic mass is 16.5. The number of nitrogens with zero attached hydrogens (tertiary/aromatic N) is 1. The van der Waals surface area contributed by atoms with E-state index in [1.54, 1.807) is 69.6 Å². The Balaban J connectivity index is 1.83. The molecule has 0 aliphatic heterocycles. The summed E-state index contributed by atoms with van der Waals surface area (Å²) in [5.74, 6) is -1.30. The summed E-state index contributed by atoms with van der Waals surface area (Å²) in [6.45, 7) is 1.80. The van der Waals surface area contributed by atoms with E-state index in [1.807, 2.05) is 6.07 Å². The molecule has 3 rings (SSSR count). The van der Waals surface area contributed by atoms with Gasteiger partial charge in [0.25, 0.3) is 11.8 Å². The fourth-order valence-corrected chi connectivity index (χ4v) is 2.77. The van der Waals surface area contributed by atoms with Crippen LogP contribution in [0.2, 0.25) is 0 Å². The lowest BCUT2D eigenvalue weighted by molar-refractivity contribution is -0.138. The standard InChI is InChI=1S/C23H22N2O5/c1-15-11-12-17(14-18(15)24-21(26)19-10-7-13-29-19)23(28)30-20(22(27)25(2)3)16-8-5-4-6-9-16/h4-14,20H,1-3H3,(H,24,26)/t20-/m1/s1. The fourth-order valence-electron chi connectivity index (χ4n) is 2.77. The second kappa shape index (κ2) is 9.09. The minimum Gasteiger partial charge on any atom is -0.459 e. The van der Waals surface area contributed by atoms with E-state index in [0.29, 0.717) is 11.3 Å². The predicted octanol–water partition coefficient (Wildman–Crippen LogP) is 3.83. The highest BCUT2D eigenvalue weighted by molar-refractivity contribution is 6.03. The van der Waals surface area contributed by atoms with E-state index in [4.69, 9.17) is 9.15 Å². The quantitative estimate of drug-likeness (QED) is 0.629. The average molecular weight is 406 g/mol. The lowest BCUT2D eigenvalue weighted by Gasteiger charge is -2.21. The Bertz CT molecular complexity index is 1040. The van der Waals surface area contributed by atoms with Crippen LogP contribution < -0.4 is 5.32 Å². The summed E-state index contributed by atoms with van der Waals surface area (Å²) in [5.41, 5.74) is 1.99. The van der Waals surface area contributed by atoms with Crippen LogP contribution in [0.3, 0.4) is 0 Å². The maximum atomic E-state index is 12.8. The van der Waals surface area contributed by atoms with Crippen LogP contribution in [0.4, 0.5) is 5.69 Å². The number of ether oxygens (including phenoxy) is 1. The summed E-state index contributed by atoms with van der Waals surface area (Å²) >= 11 is 0. The molecule has 1 heterocycles. The first-order chi connectivity index (χ1) is 14.4. The van der Waals surface area contributed by atoms with Crippen LogP contribution >= 0.6 is 0 Å². The summed E-state index contributed by atoms with van der Waals surface area (Å²) in [6.07, 6.45) is 0.331. The molecule has 2 amide bonds. The van der Waals surface area contributed by atoms with Crippen molar-refractivity contribution >= 4 is 23.5 Å². The molecule has 0 bridgehead atoms. The van der Waals surface area contributed by atoms with Crippen molar-refractivity contribution in [2.75, 3.05) is 19.4 Å². The van der Waals surface area contributed by atoms with Gasteiger partial charge in [-0.1, -0.05) is 36.4 Å². The second-order valence-corrected chi connectivity index (χ2v) is 6.89. The number of anilines is 1. The third-order valence-electron chi connectivity index (χ3n) is 4.46. The number of furan rings is 1.